The number of halogens is 1. The van der Waals surface area contributed by atoms with Crippen LogP contribution in [0.15, 0.2) is 36.4 Å². The summed E-state index contributed by atoms with van der Waals surface area (Å²) in [5.74, 6) is 0.622. The molecule has 0 saturated heterocycles. The molecule has 0 fully saturated rings. The number of hydrogen-bond acceptors (Lipinski definition) is 0. The number of hydrogen-bond donors (Lipinski definition) is 0. The van der Waals surface area contributed by atoms with E-state index in [0.29, 0.717) is 5.92 Å². The first-order chi connectivity index (χ1) is 8.70. The Hall–Kier alpha value is -1.01. The standard InChI is InChI=1S/C17H20Cl/c1-3-4-5-6-13(2)14-7-8-16-12-17(18)10-9-15(16)11-14/h7-13H,1,3-6H2,2H3. The van der Waals surface area contributed by atoms with Crippen LogP contribution in [0.2, 0.25) is 5.02 Å². The van der Waals surface area contributed by atoms with E-state index < -0.39 is 0 Å². The van der Waals surface area contributed by atoms with Crippen molar-refractivity contribution in [2.45, 2.75) is 38.5 Å². The predicted octanol–water partition coefficient (Wildman–Crippen LogP) is 5.99. The van der Waals surface area contributed by atoms with Gasteiger partial charge in [0.2, 0.25) is 0 Å². The van der Waals surface area contributed by atoms with Gasteiger partial charge in [0.15, 0.2) is 0 Å². The molecule has 18 heavy (non-hydrogen) atoms. The van der Waals surface area contributed by atoms with Gasteiger partial charge < -0.3 is 0 Å². The lowest BCUT2D eigenvalue weighted by molar-refractivity contribution is 0.608. The lowest BCUT2D eigenvalue weighted by atomic mass is 9.93. The van der Waals surface area contributed by atoms with Crippen molar-refractivity contribution in [1.29, 1.82) is 0 Å². The predicted molar refractivity (Wildman–Crippen MR) is 81.2 cm³/mol. The van der Waals surface area contributed by atoms with Gasteiger partial charge >= 0.3 is 0 Å². The molecular formula is C17H20Cl. The maximum Gasteiger partial charge on any atom is 0.0412 e. The maximum absolute atomic E-state index is 6.00. The Labute approximate surface area is 115 Å². The Morgan fingerprint density at radius 2 is 1.78 bits per heavy atom. The van der Waals surface area contributed by atoms with Crippen molar-refractivity contribution in [3.8, 4) is 0 Å². The highest BCUT2D eigenvalue weighted by molar-refractivity contribution is 6.31. The third-order valence-corrected chi connectivity index (χ3v) is 3.77. The zero-order valence-corrected chi connectivity index (χ0v) is 11.7. The van der Waals surface area contributed by atoms with Gasteiger partial charge in [-0.15, -0.1) is 0 Å². The van der Waals surface area contributed by atoms with Crippen LogP contribution in [0, 0.1) is 6.92 Å². The van der Waals surface area contributed by atoms with Crippen molar-refractivity contribution in [3.63, 3.8) is 0 Å². The quantitative estimate of drug-likeness (QED) is 0.579. The highest BCUT2D eigenvalue weighted by atomic mass is 35.5. The van der Waals surface area contributed by atoms with Crippen molar-refractivity contribution in [2.75, 3.05) is 0 Å². The summed E-state index contributed by atoms with van der Waals surface area (Å²) in [5.41, 5.74) is 1.42. The van der Waals surface area contributed by atoms with Crippen LogP contribution in [0.3, 0.4) is 0 Å². The molecule has 2 aromatic carbocycles. The summed E-state index contributed by atoms with van der Waals surface area (Å²) >= 11 is 6.00. The van der Waals surface area contributed by atoms with Gasteiger partial charge in [0.1, 0.15) is 0 Å². The van der Waals surface area contributed by atoms with E-state index >= 15 is 0 Å². The minimum atomic E-state index is 0.622. The summed E-state index contributed by atoms with van der Waals surface area (Å²) in [6.45, 7) is 6.20. The molecule has 0 heterocycles. The third-order valence-electron chi connectivity index (χ3n) is 3.53. The second kappa shape index (κ2) is 6.24. The van der Waals surface area contributed by atoms with E-state index in [1.807, 2.05) is 12.1 Å². The van der Waals surface area contributed by atoms with Crippen LogP contribution >= 0.6 is 11.6 Å². The minimum Gasteiger partial charge on any atom is -0.0843 e. The van der Waals surface area contributed by atoms with Gasteiger partial charge in [0.05, 0.1) is 0 Å². The van der Waals surface area contributed by atoms with Crippen LogP contribution in [0.25, 0.3) is 10.8 Å². The van der Waals surface area contributed by atoms with Crippen LogP contribution in [-0.2, 0) is 0 Å². The molecule has 0 spiro atoms. The normalized spacial score (nSPS) is 12.8. The smallest absolute Gasteiger partial charge is 0.0412 e. The molecule has 0 nitrogen and oxygen atoms in total. The molecular weight excluding hydrogens is 240 g/mol. The van der Waals surface area contributed by atoms with Gasteiger partial charge in [0, 0.05) is 5.02 Å². The van der Waals surface area contributed by atoms with Crippen molar-refractivity contribution in [3.05, 3.63) is 53.9 Å². The fraction of sp³-hybridized carbons (Fsp3) is 0.353. The topological polar surface area (TPSA) is 0 Å². The van der Waals surface area contributed by atoms with E-state index in [2.05, 4.69) is 38.1 Å². The lowest BCUT2D eigenvalue weighted by Gasteiger charge is -2.12. The molecule has 0 N–H and O–H groups in total. The first-order valence-electron chi connectivity index (χ1n) is 6.69. The zero-order chi connectivity index (χ0) is 13.0. The van der Waals surface area contributed by atoms with Crippen molar-refractivity contribution in [2.24, 2.45) is 0 Å². The Morgan fingerprint density at radius 1 is 1.06 bits per heavy atom. The van der Waals surface area contributed by atoms with E-state index in [9.17, 15) is 0 Å². The largest absolute Gasteiger partial charge is 0.0843 e. The van der Waals surface area contributed by atoms with Gasteiger partial charge in [-0.25, -0.2) is 0 Å². The van der Waals surface area contributed by atoms with Crippen LogP contribution in [0.4, 0.5) is 0 Å². The summed E-state index contributed by atoms with van der Waals surface area (Å²) in [4.78, 5) is 0. The monoisotopic (exact) mass is 259 g/mol. The fourth-order valence-electron chi connectivity index (χ4n) is 2.34. The van der Waals surface area contributed by atoms with E-state index in [-0.39, 0.29) is 0 Å². The summed E-state index contributed by atoms with van der Waals surface area (Å²) in [7, 11) is 0. The summed E-state index contributed by atoms with van der Waals surface area (Å²) in [6.07, 6.45) is 4.79. The molecule has 0 aliphatic carbocycles. The van der Waals surface area contributed by atoms with Crippen LogP contribution in [0.5, 0.6) is 0 Å². The van der Waals surface area contributed by atoms with E-state index in [1.165, 1.54) is 35.6 Å². The molecule has 0 aliphatic rings. The van der Waals surface area contributed by atoms with E-state index in [1.54, 1.807) is 0 Å². The average Bonchev–Trinajstić information content (AvgIpc) is 2.38. The summed E-state index contributed by atoms with van der Waals surface area (Å²) < 4.78 is 0. The van der Waals surface area contributed by atoms with Crippen LogP contribution in [-0.4, -0.2) is 0 Å². The highest BCUT2D eigenvalue weighted by Gasteiger charge is 2.06. The molecule has 1 heteroatoms. The van der Waals surface area contributed by atoms with Crippen LogP contribution in [0.1, 0.15) is 44.1 Å². The molecule has 0 amide bonds. The molecule has 0 aliphatic heterocycles. The molecule has 1 unspecified atom stereocenters. The van der Waals surface area contributed by atoms with Gasteiger partial charge in [-0.05, 0) is 40.8 Å². The van der Waals surface area contributed by atoms with Crippen LogP contribution < -0.4 is 0 Å². The Morgan fingerprint density at radius 3 is 2.56 bits per heavy atom. The average molecular weight is 260 g/mol. The molecule has 0 saturated carbocycles. The zero-order valence-electron chi connectivity index (χ0n) is 11.0. The minimum absolute atomic E-state index is 0.622. The Balaban J connectivity index is 2.16. The fourth-order valence-corrected chi connectivity index (χ4v) is 2.52. The van der Waals surface area contributed by atoms with Crippen molar-refractivity contribution >= 4 is 22.4 Å². The van der Waals surface area contributed by atoms with Crippen molar-refractivity contribution in [1.82, 2.24) is 0 Å². The highest BCUT2D eigenvalue weighted by Crippen LogP contribution is 2.27. The second-order valence-corrected chi connectivity index (χ2v) is 5.44. The summed E-state index contributed by atoms with van der Waals surface area (Å²) in [5, 5.41) is 3.30. The molecule has 0 aromatic heterocycles. The molecule has 0 bridgehead atoms. The molecule has 1 radical (unpaired) electrons. The molecule has 95 valence electrons. The summed E-state index contributed by atoms with van der Waals surface area (Å²) in [6, 6.07) is 12.8. The van der Waals surface area contributed by atoms with E-state index in [0.717, 1.165) is 11.4 Å². The SMILES string of the molecule is [CH2]CCCCC(C)c1ccc2cc(Cl)ccc2c1. The number of rotatable bonds is 5. The molecule has 2 rings (SSSR count). The first kappa shape index (κ1) is 13.4. The maximum atomic E-state index is 6.00. The Kier molecular flexibility index (Phi) is 4.66. The van der Waals surface area contributed by atoms with Gasteiger partial charge in [0.25, 0.3) is 0 Å². The van der Waals surface area contributed by atoms with Crippen molar-refractivity contribution < 1.29 is 0 Å². The number of unbranched alkanes of at least 4 members (excludes halogenated alkanes) is 2. The van der Waals surface area contributed by atoms with Gasteiger partial charge in [-0.1, -0.05) is 69.0 Å². The molecule has 2 aromatic rings. The van der Waals surface area contributed by atoms with Gasteiger partial charge in [-0.3, -0.25) is 0 Å². The third kappa shape index (κ3) is 3.26. The van der Waals surface area contributed by atoms with Gasteiger partial charge in [-0.2, -0.15) is 0 Å². The Bertz CT molecular complexity index is 516. The lowest BCUT2D eigenvalue weighted by Crippen LogP contribution is -1.93. The first-order valence-corrected chi connectivity index (χ1v) is 7.07. The second-order valence-electron chi connectivity index (χ2n) is 5.00. The molecule has 1 atom stereocenters. The number of benzene rings is 2. The number of fused-ring (bicyclic) bond motifs is 1. The van der Waals surface area contributed by atoms with E-state index in [4.69, 9.17) is 11.6 Å².